The molecule has 4 aromatic rings. The summed E-state index contributed by atoms with van der Waals surface area (Å²) in [6.45, 7) is 5.83. The predicted molar refractivity (Wildman–Crippen MR) is 148 cm³/mol. The van der Waals surface area contributed by atoms with Crippen LogP contribution < -0.4 is 15.8 Å². The minimum atomic E-state index is -3.82. The molecule has 11 heteroatoms. The molecule has 1 atom stereocenters. The monoisotopic (exact) mass is 555 g/mol. The molecule has 212 valence electrons. The van der Waals surface area contributed by atoms with E-state index in [4.69, 9.17) is 15.2 Å². The Kier molecular flexibility index (Phi) is 8.18. The maximum atomic E-state index is 15.4. The van der Waals surface area contributed by atoms with Gasteiger partial charge in [0.25, 0.3) is 0 Å². The van der Waals surface area contributed by atoms with E-state index < -0.39 is 28.9 Å². The highest BCUT2D eigenvalue weighted by Gasteiger charge is 2.49. The second-order valence-electron chi connectivity index (χ2n) is 10.00. The van der Waals surface area contributed by atoms with Crippen LogP contribution in [0.3, 0.4) is 0 Å². The second kappa shape index (κ2) is 11.3. The first-order chi connectivity index (χ1) is 18.8. The molecule has 0 bridgehead atoms. The largest absolute Gasteiger partial charge is 0.491 e. The number of benzene rings is 2. The van der Waals surface area contributed by atoms with Crippen LogP contribution in [0.15, 0.2) is 48.8 Å². The van der Waals surface area contributed by atoms with Crippen molar-refractivity contribution in [3.8, 4) is 16.9 Å². The van der Waals surface area contributed by atoms with Gasteiger partial charge in [-0.05, 0) is 52.0 Å². The van der Waals surface area contributed by atoms with Crippen molar-refractivity contribution in [2.75, 3.05) is 31.4 Å². The molecule has 4 rings (SSSR count). The number of nitrogens with one attached hydrogen (secondary N) is 1. The summed E-state index contributed by atoms with van der Waals surface area (Å²) < 4.78 is 56.3. The van der Waals surface area contributed by atoms with E-state index in [1.807, 2.05) is 0 Å². The van der Waals surface area contributed by atoms with Crippen LogP contribution in [0.2, 0.25) is 0 Å². The molecule has 0 fully saturated rings. The lowest BCUT2D eigenvalue weighted by molar-refractivity contribution is -0.170. The molecule has 2 heterocycles. The Balaban J connectivity index is 1.80. The van der Waals surface area contributed by atoms with Crippen LogP contribution in [0.4, 0.5) is 24.7 Å². The number of nitrogens with two attached hydrogens (primary N) is 1. The summed E-state index contributed by atoms with van der Waals surface area (Å²) in [6, 6.07) is 8.18. The maximum absolute atomic E-state index is 15.4. The van der Waals surface area contributed by atoms with E-state index in [1.54, 1.807) is 51.6 Å². The number of ether oxygens (including phenoxy) is 2. The van der Waals surface area contributed by atoms with E-state index in [9.17, 15) is 13.9 Å². The fourth-order valence-corrected chi connectivity index (χ4v) is 4.32. The van der Waals surface area contributed by atoms with Crippen molar-refractivity contribution in [2.45, 2.75) is 45.3 Å². The third-order valence-corrected chi connectivity index (χ3v) is 6.55. The van der Waals surface area contributed by atoms with Gasteiger partial charge in [0, 0.05) is 47.3 Å². The van der Waals surface area contributed by atoms with Gasteiger partial charge < -0.3 is 25.6 Å². The van der Waals surface area contributed by atoms with Crippen molar-refractivity contribution in [3.63, 3.8) is 0 Å². The van der Waals surface area contributed by atoms with Crippen molar-refractivity contribution in [1.29, 1.82) is 0 Å². The number of aryl methyl sites for hydroxylation is 1. The van der Waals surface area contributed by atoms with Crippen molar-refractivity contribution in [3.05, 3.63) is 71.6 Å². The van der Waals surface area contributed by atoms with Gasteiger partial charge in [-0.25, -0.2) is 14.4 Å². The minimum absolute atomic E-state index is 0.0119. The van der Waals surface area contributed by atoms with Crippen LogP contribution in [0, 0.1) is 12.7 Å². The molecule has 40 heavy (non-hydrogen) atoms. The number of aromatic nitrogens is 3. The number of alkyl halides is 2. The van der Waals surface area contributed by atoms with E-state index in [1.165, 1.54) is 12.1 Å². The van der Waals surface area contributed by atoms with Crippen LogP contribution >= 0.6 is 0 Å². The first-order valence-corrected chi connectivity index (χ1v) is 12.6. The number of aliphatic hydroxyl groups is 1. The molecule has 0 radical (unpaired) electrons. The fraction of sp³-hybridized carbons (Fsp3) is 0.345. The van der Waals surface area contributed by atoms with Crippen molar-refractivity contribution in [1.82, 2.24) is 15.0 Å². The standard InChI is InChI=1S/C29H32F3N5O3/c1-16(18-7-6-8-22(26(18)30)29(31,32)28(3,4)38)35-27-20-14-25(40-12-11-39-5)19(13-24(20)36-17(2)37-27)21-15-34-10-9-23(21)33/h6-10,13-16,38H,11-12H2,1-5H3,(H2,33,34)(H,35,36,37)/t16-/m1/s1. The van der Waals surface area contributed by atoms with Crippen molar-refractivity contribution < 1.29 is 27.8 Å². The van der Waals surface area contributed by atoms with Gasteiger partial charge in [-0.3, -0.25) is 4.98 Å². The van der Waals surface area contributed by atoms with Gasteiger partial charge in [0.05, 0.1) is 23.7 Å². The molecule has 0 aliphatic carbocycles. The average Bonchev–Trinajstić information content (AvgIpc) is 2.88. The minimum Gasteiger partial charge on any atom is -0.491 e. The Hall–Kier alpha value is -3.96. The smallest absolute Gasteiger partial charge is 0.303 e. The molecule has 0 saturated heterocycles. The first-order valence-electron chi connectivity index (χ1n) is 12.6. The van der Waals surface area contributed by atoms with Crippen LogP contribution in [-0.2, 0) is 10.7 Å². The lowest BCUT2D eigenvalue weighted by atomic mass is 9.91. The average molecular weight is 556 g/mol. The Morgan fingerprint density at radius 2 is 1.85 bits per heavy atom. The maximum Gasteiger partial charge on any atom is 0.303 e. The molecule has 0 spiro atoms. The zero-order chi connectivity index (χ0) is 29.2. The molecule has 8 nitrogen and oxygen atoms in total. The second-order valence-corrected chi connectivity index (χ2v) is 10.00. The van der Waals surface area contributed by atoms with Crippen molar-refractivity contribution in [2.24, 2.45) is 0 Å². The molecule has 2 aromatic heterocycles. The Bertz CT molecular complexity index is 1530. The SMILES string of the molecule is COCCOc1cc2c(N[C@H](C)c3cccc(C(F)(F)C(C)(C)O)c3F)nc(C)nc2cc1-c1cnccc1N. The number of methoxy groups -OCH3 is 1. The highest BCUT2D eigenvalue weighted by atomic mass is 19.3. The van der Waals surface area contributed by atoms with Gasteiger partial charge in [-0.1, -0.05) is 12.1 Å². The van der Waals surface area contributed by atoms with E-state index in [0.717, 1.165) is 19.9 Å². The lowest BCUT2D eigenvalue weighted by Crippen LogP contribution is -2.41. The summed E-state index contributed by atoms with van der Waals surface area (Å²) in [6.07, 6.45) is 3.22. The van der Waals surface area contributed by atoms with E-state index in [2.05, 4.69) is 20.3 Å². The molecular weight excluding hydrogens is 523 g/mol. The lowest BCUT2D eigenvalue weighted by Gasteiger charge is -2.30. The Morgan fingerprint density at radius 3 is 2.52 bits per heavy atom. The highest BCUT2D eigenvalue weighted by Crippen LogP contribution is 2.42. The summed E-state index contributed by atoms with van der Waals surface area (Å²) in [4.78, 5) is 13.3. The van der Waals surface area contributed by atoms with E-state index >= 15 is 4.39 Å². The van der Waals surface area contributed by atoms with Crippen molar-refractivity contribution >= 4 is 22.4 Å². The molecule has 0 saturated carbocycles. The third kappa shape index (κ3) is 5.66. The predicted octanol–water partition coefficient (Wildman–Crippen LogP) is 5.78. The number of hydrogen-bond acceptors (Lipinski definition) is 8. The van der Waals surface area contributed by atoms with Crippen LogP contribution in [0.25, 0.3) is 22.0 Å². The van der Waals surface area contributed by atoms with Crippen LogP contribution in [0.5, 0.6) is 5.75 Å². The van der Waals surface area contributed by atoms with Gasteiger partial charge in [-0.2, -0.15) is 8.78 Å². The number of fused-ring (bicyclic) bond motifs is 1. The van der Waals surface area contributed by atoms with Gasteiger partial charge in [0.15, 0.2) is 0 Å². The summed E-state index contributed by atoms with van der Waals surface area (Å²) in [5.41, 5.74) is 5.25. The number of anilines is 2. The first kappa shape index (κ1) is 29.0. The number of hydrogen-bond donors (Lipinski definition) is 3. The summed E-state index contributed by atoms with van der Waals surface area (Å²) >= 11 is 0. The molecule has 0 aliphatic heterocycles. The van der Waals surface area contributed by atoms with Crippen LogP contribution in [0.1, 0.15) is 43.8 Å². The number of nitrogens with zero attached hydrogens (tertiary/aromatic N) is 3. The molecule has 0 amide bonds. The van der Waals surface area contributed by atoms with E-state index in [-0.39, 0.29) is 12.2 Å². The normalized spacial score (nSPS) is 12.9. The summed E-state index contributed by atoms with van der Waals surface area (Å²) in [5, 5.41) is 13.7. The van der Waals surface area contributed by atoms with Crippen LogP contribution in [-0.4, -0.2) is 46.0 Å². The quantitative estimate of drug-likeness (QED) is 0.211. The highest BCUT2D eigenvalue weighted by molar-refractivity contribution is 5.96. The molecule has 0 unspecified atom stereocenters. The molecule has 2 aromatic carbocycles. The number of nitrogen functional groups attached to an aromatic ring is 1. The summed E-state index contributed by atoms with van der Waals surface area (Å²) in [7, 11) is 1.56. The zero-order valence-electron chi connectivity index (χ0n) is 22.9. The van der Waals surface area contributed by atoms with Gasteiger partial charge in [-0.15, -0.1) is 0 Å². The molecular formula is C29H32F3N5O3. The number of rotatable bonds is 10. The molecule has 0 aliphatic rings. The number of halogens is 3. The topological polar surface area (TPSA) is 115 Å². The van der Waals surface area contributed by atoms with Gasteiger partial charge >= 0.3 is 5.92 Å². The fourth-order valence-electron chi connectivity index (χ4n) is 4.32. The zero-order valence-corrected chi connectivity index (χ0v) is 22.9. The molecule has 4 N–H and O–H groups in total. The van der Waals surface area contributed by atoms with E-state index in [0.29, 0.717) is 51.7 Å². The third-order valence-electron chi connectivity index (χ3n) is 6.55. The Labute approximate surface area is 230 Å². The summed E-state index contributed by atoms with van der Waals surface area (Å²) in [5.74, 6) is -3.66. The number of pyridine rings is 1. The van der Waals surface area contributed by atoms with Gasteiger partial charge in [0.2, 0.25) is 0 Å². The van der Waals surface area contributed by atoms with Gasteiger partial charge in [0.1, 0.15) is 35.4 Å². The Morgan fingerprint density at radius 1 is 1.10 bits per heavy atom.